The highest BCUT2D eigenvalue weighted by atomic mass is 35.5. The van der Waals surface area contributed by atoms with Crippen molar-refractivity contribution in [2.45, 2.75) is 13.3 Å². The largest absolute Gasteiger partial charge is 0.248 e. The molecule has 0 spiro atoms. The number of sulfonamides is 1. The van der Waals surface area contributed by atoms with E-state index < -0.39 is 20.8 Å². The van der Waals surface area contributed by atoms with Gasteiger partial charge in [0.15, 0.2) is 0 Å². The van der Waals surface area contributed by atoms with Crippen LogP contribution in [0, 0.1) is 0 Å². The van der Waals surface area contributed by atoms with Crippen LogP contribution in [0.3, 0.4) is 0 Å². The average Bonchev–Trinajstić information content (AvgIpc) is 2.81. The third kappa shape index (κ3) is 3.36. The maximum atomic E-state index is 12.2. The van der Waals surface area contributed by atoms with Gasteiger partial charge in [0.1, 0.15) is 4.21 Å². The highest BCUT2D eigenvalue weighted by Crippen LogP contribution is 2.30. The van der Waals surface area contributed by atoms with E-state index in [4.69, 9.17) is 28.3 Å². The first-order valence-electron chi connectivity index (χ1n) is 4.78. The van der Waals surface area contributed by atoms with Crippen molar-refractivity contribution >= 4 is 55.4 Å². The lowest BCUT2D eigenvalue weighted by molar-refractivity contribution is 0.600. The molecule has 0 aliphatic rings. The second-order valence-corrected chi connectivity index (χ2v) is 8.86. The SMILES string of the molecule is NS(=O)(=O)c1ccc([S@@](=O)c2ccc(Cl)c(Cl)c2)s1. The highest BCUT2D eigenvalue weighted by molar-refractivity contribution is 7.92. The molecule has 4 nitrogen and oxygen atoms in total. The molecular formula is C10H7Cl2NO3S3. The predicted octanol–water partition coefficient (Wildman–Crippen LogP) is 2.87. The van der Waals surface area contributed by atoms with Crippen molar-refractivity contribution in [1.82, 2.24) is 0 Å². The molecule has 2 rings (SSSR count). The molecule has 0 amide bonds. The van der Waals surface area contributed by atoms with E-state index in [1.165, 1.54) is 24.3 Å². The van der Waals surface area contributed by atoms with Gasteiger partial charge < -0.3 is 0 Å². The van der Waals surface area contributed by atoms with Crippen LogP contribution in [0.15, 0.2) is 43.6 Å². The number of halogens is 2. The van der Waals surface area contributed by atoms with Crippen molar-refractivity contribution in [1.29, 1.82) is 0 Å². The molecule has 0 aliphatic carbocycles. The van der Waals surface area contributed by atoms with E-state index >= 15 is 0 Å². The standard InChI is InChI=1S/C10H7Cl2NO3S3/c11-7-2-1-6(5-8(7)12)18(14)9-3-4-10(17-9)19(13,15)16/h1-5H,(H2,13,15,16)/t18-/m0/s1. The molecule has 1 aromatic carbocycles. The lowest BCUT2D eigenvalue weighted by atomic mass is 10.4. The summed E-state index contributed by atoms with van der Waals surface area (Å²) in [6.07, 6.45) is 0. The maximum absolute atomic E-state index is 12.2. The summed E-state index contributed by atoms with van der Waals surface area (Å²) < 4.78 is 34.9. The van der Waals surface area contributed by atoms with Gasteiger partial charge in [-0.25, -0.2) is 17.8 Å². The van der Waals surface area contributed by atoms with E-state index in [9.17, 15) is 12.6 Å². The van der Waals surface area contributed by atoms with Gasteiger partial charge in [0.05, 0.1) is 25.1 Å². The van der Waals surface area contributed by atoms with Crippen LogP contribution in [0.25, 0.3) is 0 Å². The Hall–Kier alpha value is -0.440. The molecule has 0 fully saturated rings. The third-order valence-corrected chi connectivity index (χ3v) is 7.07. The smallest absolute Gasteiger partial charge is 0.247 e. The van der Waals surface area contributed by atoms with Crippen molar-refractivity contribution in [3.63, 3.8) is 0 Å². The molecule has 1 aromatic heterocycles. The van der Waals surface area contributed by atoms with Crippen LogP contribution in [-0.2, 0) is 20.8 Å². The molecule has 9 heteroatoms. The third-order valence-electron chi connectivity index (χ3n) is 2.12. The summed E-state index contributed by atoms with van der Waals surface area (Å²) in [7, 11) is -5.30. The van der Waals surface area contributed by atoms with Gasteiger partial charge in [-0.15, -0.1) is 11.3 Å². The zero-order chi connectivity index (χ0) is 14.2. The summed E-state index contributed by atoms with van der Waals surface area (Å²) in [6.45, 7) is 0. The van der Waals surface area contributed by atoms with E-state index in [0.29, 0.717) is 14.1 Å². The summed E-state index contributed by atoms with van der Waals surface area (Å²) in [5.41, 5.74) is 0. The monoisotopic (exact) mass is 355 g/mol. The molecule has 102 valence electrons. The van der Waals surface area contributed by atoms with Crippen LogP contribution >= 0.6 is 34.5 Å². The van der Waals surface area contributed by atoms with Crippen LogP contribution in [-0.4, -0.2) is 12.6 Å². The molecule has 0 bridgehead atoms. The molecule has 2 N–H and O–H groups in total. The van der Waals surface area contributed by atoms with Crippen LogP contribution in [0.2, 0.25) is 10.0 Å². The maximum Gasteiger partial charge on any atom is 0.247 e. The Morgan fingerprint density at radius 1 is 1.11 bits per heavy atom. The summed E-state index contributed by atoms with van der Waals surface area (Å²) in [6, 6.07) is 7.37. The number of hydrogen-bond donors (Lipinski definition) is 1. The van der Waals surface area contributed by atoms with E-state index in [1.54, 1.807) is 6.07 Å². The van der Waals surface area contributed by atoms with E-state index in [1.807, 2.05) is 0 Å². The molecular weight excluding hydrogens is 349 g/mol. The molecule has 0 unspecified atom stereocenters. The van der Waals surface area contributed by atoms with Gasteiger partial charge in [-0.3, -0.25) is 0 Å². The number of thiophene rings is 1. The fourth-order valence-electron chi connectivity index (χ4n) is 1.26. The quantitative estimate of drug-likeness (QED) is 0.919. The molecule has 1 atom stereocenters. The van der Waals surface area contributed by atoms with Crippen LogP contribution in [0.4, 0.5) is 0 Å². The molecule has 19 heavy (non-hydrogen) atoms. The summed E-state index contributed by atoms with van der Waals surface area (Å²) in [5.74, 6) is 0. The topological polar surface area (TPSA) is 77.2 Å². The lowest BCUT2D eigenvalue weighted by Gasteiger charge is -2.01. The molecule has 2 aromatic rings. The first-order chi connectivity index (χ1) is 8.79. The summed E-state index contributed by atoms with van der Waals surface area (Å²) in [4.78, 5) is 0.442. The second kappa shape index (κ2) is 5.51. The first kappa shape index (κ1) is 15.0. The minimum Gasteiger partial charge on any atom is -0.248 e. The van der Waals surface area contributed by atoms with Crippen molar-refractivity contribution in [2.75, 3.05) is 0 Å². The molecule has 1 heterocycles. The number of hydrogen-bond acceptors (Lipinski definition) is 4. The summed E-state index contributed by atoms with van der Waals surface area (Å²) in [5, 5.41) is 5.65. The normalized spacial score (nSPS) is 13.4. The van der Waals surface area contributed by atoms with Crippen molar-refractivity contribution in [2.24, 2.45) is 5.14 Å². The number of rotatable bonds is 3. The summed E-state index contributed by atoms with van der Waals surface area (Å²) >= 11 is 12.5. The van der Waals surface area contributed by atoms with Crippen molar-refractivity contribution < 1.29 is 12.6 Å². The van der Waals surface area contributed by atoms with E-state index in [2.05, 4.69) is 0 Å². The number of benzene rings is 1. The van der Waals surface area contributed by atoms with Gasteiger partial charge in [-0.2, -0.15) is 0 Å². The molecule has 0 radical (unpaired) electrons. The first-order valence-corrected chi connectivity index (χ1v) is 9.05. The fraction of sp³-hybridized carbons (Fsp3) is 0. The van der Waals surface area contributed by atoms with Crippen molar-refractivity contribution in [3.8, 4) is 0 Å². The van der Waals surface area contributed by atoms with Gasteiger partial charge >= 0.3 is 0 Å². The number of primary sulfonamides is 1. The predicted molar refractivity (Wildman–Crippen MR) is 76.8 cm³/mol. The van der Waals surface area contributed by atoms with Gasteiger partial charge in [0.2, 0.25) is 10.0 Å². The van der Waals surface area contributed by atoms with E-state index in [-0.39, 0.29) is 9.23 Å². The van der Waals surface area contributed by atoms with Gasteiger partial charge in [0, 0.05) is 4.90 Å². The minimum atomic E-state index is -3.78. The fourth-order valence-corrected chi connectivity index (χ4v) is 4.95. The van der Waals surface area contributed by atoms with Crippen molar-refractivity contribution in [3.05, 3.63) is 40.4 Å². The Kier molecular flexibility index (Phi) is 4.34. The Bertz CT molecular complexity index is 755. The van der Waals surface area contributed by atoms with Crippen LogP contribution < -0.4 is 5.14 Å². The van der Waals surface area contributed by atoms with E-state index in [0.717, 1.165) is 11.3 Å². The Morgan fingerprint density at radius 2 is 1.79 bits per heavy atom. The van der Waals surface area contributed by atoms with Gasteiger partial charge in [-0.1, -0.05) is 23.2 Å². The highest BCUT2D eigenvalue weighted by Gasteiger charge is 2.16. The Balaban J connectivity index is 2.39. The van der Waals surface area contributed by atoms with Crippen LogP contribution in [0.5, 0.6) is 0 Å². The molecule has 0 aliphatic heterocycles. The molecule has 0 saturated carbocycles. The second-order valence-electron chi connectivity index (χ2n) is 3.46. The van der Waals surface area contributed by atoms with Gasteiger partial charge in [0.25, 0.3) is 0 Å². The average molecular weight is 356 g/mol. The number of nitrogens with two attached hydrogens (primary N) is 1. The zero-order valence-corrected chi connectivity index (χ0v) is 13.1. The Labute approximate surface area is 126 Å². The minimum absolute atomic E-state index is 0.0316. The zero-order valence-electron chi connectivity index (χ0n) is 9.17. The molecule has 0 saturated heterocycles. The van der Waals surface area contributed by atoms with Crippen LogP contribution in [0.1, 0.15) is 0 Å². The van der Waals surface area contributed by atoms with Gasteiger partial charge in [-0.05, 0) is 30.3 Å². The lowest BCUT2D eigenvalue weighted by Crippen LogP contribution is -2.09. The Morgan fingerprint density at radius 3 is 2.32 bits per heavy atom.